The zero-order chi connectivity index (χ0) is 13.6. The second kappa shape index (κ2) is 13.2. The van der Waals surface area contributed by atoms with Crippen molar-refractivity contribution in [2.75, 3.05) is 38.8 Å². The average Bonchev–Trinajstić information content (AvgIpc) is 2.32. The van der Waals surface area contributed by atoms with Gasteiger partial charge >= 0.3 is 0 Å². The van der Waals surface area contributed by atoms with Crippen LogP contribution in [0, 0.1) is 0 Å². The van der Waals surface area contributed by atoms with Crippen LogP contribution in [0.5, 0.6) is 0 Å². The summed E-state index contributed by atoms with van der Waals surface area (Å²) in [6.45, 7) is 3.82. The van der Waals surface area contributed by atoms with E-state index in [1.165, 1.54) is 25.0 Å². The van der Waals surface area contributed by atoms with Gasteiger partial charge in [0.2, 0.25) is 5.91 Å². The zero-order valence-corrected chi connectivity index (χ0v) is 12.8. The molecule has 0 saturated heterocycles. The van der Waals surface area contributed by atoms with E-state index >= 15 is 0 Å². The Bertz CT molecular complexity index is 203. The van der Waals surface area contributed by atoms with Crippen LogP contribution in [0.3, 0.4) is 0 Å². The molecule has 0 aliphatic heterocycles. The molecule has 1 amide bonds. The molecule has 0 fully saturated rings. The van der Waals surface area contributed by atoms with Gasteiger partial charge in [-0.05, 0) is 38.3 Å². The number of carbonyl (C=O) groups excluding carboxylic acids is 1. The summed E-state index contributed by atoms with van der Waals surface area (Å²) in [7, 11) is 1.64. The van der Waals surface area contributed by atoms with Crippen molar-refractivity contribution < 1.29 is 9.53 Å². The van der Waals surface area contributed by atoms with E-state index in [1.54, 1.807) is 7.11 Å². The maximum absolute atomic E-state index is 11.5. The fourth-order valence-electron chi connectivity index (χ4n) is 1.67. The van der Waals surface area contributed by atoms with Gasteiger partial charge in [-0.1, -0.05) is 12.8 Å². The van der Waals surface area contributed by atoms with Crippen molar-refractivity contribution in [2.24, 2.45) is 0 Å². The van der Waals surface area contributed by atoms with Gasteiger partial charge in [-0.3, -0.25) is 4.79 Å². The fraction of sp³-hybridized carbons (Fsp3) is 0.923. The quantitative estimate of drug-likeness (QED) is 0.532. The lowest BCUT2D eigenvalue weighted by atomic mass is 10.2. The molecule has 5 heteroatoms. The summed E-state index contributed by atoms with van der Waals surface area (Å²) in [5.41, 5.74) is 0. The summed E-state index contributed by atoms with van der Waals surface area (Å²) in [5, 5.41) is 6.04. The number of methoxy groups -OCH3 is 1. The maximum Gasteiger partial charge on any atom is 0.234 e. The summed E-state index contributed by atoms with van der Waals surface area (Å²) in [6, 6.07) is 0.0795. The molecule has 0 bridgehead atoms. The second-order valence-corrected chi connectivity index (χ2v) is 5.49. The highest BCUT2D eigenvalue weighted by Gasteiger charge is 2.05. The van der Waals surface area contributed by atoms with Crippen LogP contribution < -0.4 is 10.6 Å². The summed E-state index contributed by atoms with van der Waals surface area (Å²) < 4.78 is 4.96. The summed E-state index contributed by atoms with van der Waals surface area (Å²) in [6.07, 6.45) is 7.13. The summed E-state index contributed by atoms with van der Waals surface area (Å²) in [4.78, 5) is 11.5. The molecule has 0 aliphatic carbocycles. The largest absolute Gasteiger partial charge is 0.383 e. The van der Waals surface area contributed by atoms with Crippen LogP contribution in [0.4, 0.5) is 0 Å². The van der Waals surface area contributed by atoms with Crippen LogP contribution >= 0.6 is 11.8 Å². The number of ether oxygens (including phenoxy) is 1. The number of carbonyl (C=O) groups is 1. The van der Waals surface area contributed by atoms with Crippen LogP contribution in [-0.4, -0.2) is 50.8 Å². The number of thioether (sulfide) groups is 1. The highest BCUT2D eigenvalue weighted by Crippen LogP contribution is 2.03. The minimum absolute atomic E-state index is 0.0435. The van der Waals surface area contributed by atoms with Gasteiger partial charge < -0.3 is 15.4 Å². The molecular weight excluding hydrogens is 248 g/mol. The van der Waals surface area contributed by atoms with Crippen LogP contribution in [-0.2, 0) is 9.53 Å². The summed E-state index contributed by atoms with van der Waals surface area (Å²) >= 11 is 1.90. The fourth-order valence-corrected chi connectivity index (χ4v) is 2.16. The minimum Gasteiger partial charge on any atom is -0.383 e. The minimum atomic E-state index is 0.0435. The Labute approximate surface area is 116 Å². The third-order valence-corrected chi connectivity index (χ3v) is 3.26. The molecule has 108 valence electrons. The molecular formula is C13H28N2O2S. The third kappa shape index (κ3) is 12.2. The molecule has 0 aromatic heterocycles. The van der Waals surface area contributed by atoms with Crippen molar-refractivity contribution in [1.82, 2.24) is 10.6 Å². The van der Waals surface area contributed by atoms with Crippen molar-refractivity contribution >= 4 is 17.7 Å². The van der Waals surface area contributed by atoms with Gasteiger partial charge in [0.05, 0.1) is 13.2 Å². The predicted molar refractivity (Wildman–Crippen MR) is 79.2 cm³/mol. The highest BCUT2D eigenvalue weighted by molar-refractivity contribution is 7.98. The van der Waals surface area contributed by atoms with Gasteiger partial charge in [-0.2, -0.15) is 11.8 Å². The SMILES string of the molecule is COCC(C)NC(=O)CNCCCCCCSC. The van der Waals surface area contributed by atoms with Crippen molar-refractivity contribution in [2.45, 2.75) is 38.6 Å². The number of rotatable bonds is 12. The second-order valence-electron chi connectivity index (χ2n) is 4.51. The Kier molecular flexibility index (Phi) is 13.0. The van der Waals surface area contributed by atoms with E-state index in [4.69, 9.17) is 4.74 Å². The monoisotopic (exact) mass is 276 g/mol. The predicted octanol–water partition coefficient (Wildman–Crippen LogP) is 1.65. The highest BCUT2D eigenvalue weighted by atomic mass is 32.2. The number of hydrogen-bond acceptors (Lipinski definition) is 4. The van der Waals surface area contributed by atoms with Crippen LogP contribution in [0.25, 0.3) is 0 Å². The first-order valence-electron chi connectivity index (χ1n) is 6.68. The molecule has 0 aromatic carbocycles. The number of nitrogens with one attached hydrogen (secondary N) is 2. The molecule has 0 radical (unpaired) electrons. The number of hydrogen-bond donors (Lipinski definition) is 2. The molecule has 0 aromatic rings. The van der Waals surface area contributed by atoms with Crippen LogP contribution in [0.2, 0.25) is 0 Å². The molecule has 0 spiro atoms. The van der Waals surface area contributed by atoms with E-state index in [1.807, 2.05) is 18.7 Å². The van der Waals surface area contributed by atoms with Crippen LogP contribution in [0.15, 0.2) is 0 Å². The van der Waals surface area contributed by atoms with E-state index in [0.29, 0.717) is 13.2 Å². The van der Waals surface area contributed by atoms with Crippen molar-refractivity contribution in [3.05, 3.63) is 0 Å². The van der Waals surface area contributed by atoms with E-state index in [-0.39, 0.29) is 11.9 Å². The first-order chi connectivity index (χ1) is 8.70. The topological polar surface area (TPSA) is 50.4 Å². The van der Waals surface area contributed by atoms with Gasteiger partial charge in [0.25, 0.3) is 0 Å². The van der Waals surface area contributed by atoms with E-state index in [9.17, 15) is 4.79 Å². The van der Waals surface area contributed by atoms with Gasteiger partial charge in [0.1, 0.15) is 0 Å². The third-order valence-electron chi connectivity index (χ3n) is 2.56. The van der Waals surface area contributed by atoms with E-state index in [2.05, 4.69) is 16.9 Å². The Morgan fingerprint density at radius 3 is 2.67 bits per heavy atom. The molecule has 0 heterocycles. The van der Waals surface area contributed by atoms with Crippen molar-refractivity contribution in [1.29, 1.82) is 0 Å². The number of amides is 1. The van der Waals surface area contributed by atoms with Gasteiger partial charge in [0.15, 0.2) is 0 Å². The first-order valence-corrected chi connectivity index (χ1v) is 8.08. The average molecular weight is 276 g/mol. The van der Waals surface area contributed by atoms with Crippen molar-refractivity contribution in [3.63, 3.8) is 0 Å². The Morgan fingerprint density at radius 2 is 2.00 bits per heavy atom. The molecule has 0 rings (SSSR count). The maximum atomic E-state index is 11.5. The summed E-state index contributed by atoms with van der Waals surface area (Å²) in [5.74, 6) is 1.30. The van der Waals surface area contributed by atoms with Gasteiger partial charge in [-0.15, -0.1) is 0 Å². The lowest BCUT2D eigenvalue weighted by Gasteiger charge is -2.12. The molecule has 2 N–H and O–H groups in total. The van der Waals surface area contributed by atoms with E-state index in [0.717, 1.165) is 13.0 Å². The Hall–Kier alpha value is -0.260. The smallest absolute Gasteiger partial charge is 0.234 e. The lowest BCUT2D eigenvalue weighted by Crippen LogP contribution is -2.41. The molecule has 0 saturated carbocycles. The lowest BCUT2D eigenvalue weighted by molar-refractivity contribution is -0.121. The van der Waals surface area contributed by atoms with E-state index < -0.39 is 0 Å². The Morgan fingerprint density at radius 1 is 1.28 bits per heavy atom. The van der Waals surface area contributed by atoms with Crippen molar-refractivity contribution in [3.8, 4) is 0 Å². The molecule has 1 atom stereocenters. The normalized spacial score (nSPS) is 12.4. The molecule has 1 unspecified atom stereocenters. The van der Waals surface area contributed by atoms with Crippen LogP contribution in [0.1, 0.15) is 32.6 Å². The molecule has 18 heavy (non-hydrogen) atoms. The van der Waals surface area contributed by atoms with Gasteiger partial charge in [0, 0.05) is 13.2 Å². The standard InChI is InChI=1S/C13H28N2O2S/c1-12(11-17-2)15-13(16)10-14-8-6-4-5-7-9-18-3/h12,14H,4-11H2,1-3H3,(H,15,16). The van der Waals surface area contributed by atoms with Gasteiger partial charge in [-0.25, -0.2) is 0 Å². The number of unbranched alkanes of at least 4 members (excludes halogenated alkanes) is 3. The Balaban J connectivity index is 3.25. The first kappa shape index (κ1) is 17.7. The zero-order valence-electron chi connectivity index (χ0n) is 12.0. The molecule has 0 aliphatic rings. The molecule has 4 nitrogen and oxygen atoms in total.